The molecule has 134 valence electrons. The summed E-state index contributed by atoms with van der Waals surface area (Å²) in [5.41, 5.74) is 0.720. The molecule has 0 amide bonds. The highest BCUT2D eigenvalue weighted by molar-refractivity contribution is 5.37. The first-order valence-electron chi connectivity index (χ1n) is 9.14. The standard InChI is InChI=1S/C19H31N3O2/c1-15-13-22(14-16-4-5-18(20-12-16)21(2)3)9-8-19(15,23)17-6-10-24-11-7-17/h4-5,12,15,17,23H,6-11,13-14H2,1-3H3/t15-,19+/m1/s1. The van der Waals surface area contributed by atoms with Gasteiger partial charge in [0.25, 0.3) is 0 Å². The molecule has 2 aliphatic heterocycles. The van der Waals surface area contributed by atoms with Gasteiger partial charge in [0.2, 0.25) is 0 Å². The van der Waals surface area contributed by atoms with Crippen molar-refractivity contribution in [2.24, 2.45) is 11.8 Å². The fourth-order valence-electron chi connectivity index (χ4n) is 4.20. The zero-order chi connectivity index (χ0) is 17.2. The molecule has 0 aliphatic carbocycles. The van der Waals surface area contributed by atoms with Gasteiger partial charge in [-0.1, -0.05) is 13.0 Å². The third-order valence-corrected chi connectivity index (χ3v) is 5.82. The lowest BCUT2D eigenvalue weighted by molar-refractivity contribution is -0.131. The van der Waals surface area contributed by atoms with Crippen LogP contribution in [0.1, 0.15) is 31.7 Å². The first kappa shape index (κ1) is 17.6. The summed E-state index contributed by atoms with van der Waals surface area (Å²) in [5, 5.41) is 11.2. The molecule has 0 unspecified atom stereocenters. The number of ether oxygens (including phenoxy) is 1. The lowest BCUT2D eigenvalue weighted by atomic mass is 9.70. The van der Waals surface area contributed by atoms with Crippen LogP contribution in [0.5, 0.6) is 0 Å². The Kier molecular flexibility index (Phi) is 5.42. The van der Waals surface area contributed by atoms with E-state index in [0.717, 1.165) is 57.9 Å². The Morgan fingerprint density at radius 3 is 2.67 bits per heavy atom. The SMILES string of the molecule is C[C@@H]1CN(Cc2ccc(N(C)C)nc2)CC[C@@]1(O)C1CCOCC1. The summed E-state index contributed by atoms with van der Waals surface area (Å²) in [5.74, 6) is 1.67. The number of hydrogen-bond donors (Lipinski definition) is 1. The Labute approximate surface area is 145 Å². The number of pyridine rings is 1. The monoisotopic (exact) mass is 333 g/mol. The number of aromatic nitrogens is 1. The normalized spacial score (nSPS) is 29.6. The summed E-state index contributed by atoms with van der Waals surface area (Å²) in [6.45, 7) is 6.61. The van der Waals surface area contributed by atoms with Crippen molar-refractivity contribution in [1.82, 2.24) is 9.88 Å². The van der Waals surface area contributed by atoms with E-state index in [1.165, 1.54) is 5.56 Å². The number of aliphatic hydroxyl groups is 1. The second-order valence-corrected chi connectivity index (χ2v) is 7.68. The molecular formula is C19H31N3O2. The summed E-state index contributed by atoms with van der Waals surface area (Å²) in [7, 11) is 4.01. The maximum absolute atomic E-state index is 11.2. The molecule has 0 spiro atoms. The van der Waals surface area contributed by atoms with Crippen LogP contribution in [0, 0.1) is 11.8 Å². The molecule has 0 saturated carbocycles. The summed E-state index contributed by atoms with van der Waals surface area (Å²) in [4.78, 5) is 8.96. The van der Waals surface area contributed by atoms with Crippen LogP contribution in [0.4, 0.5) is 5.82 Å². The quantitative estimate of drug-likeness (QED) is 0.915. The lowest BCUT2D eigenvalue weighted by Gasteiger charge is -2.48. The minimum Gasteiger partial charge on any atom is -0.389 e. The van der Waals surface area contributed by atoms with Gasteiger partial charge < -0.3 is 14.7 Å². The van der Waals surface area contributed by atoms with Crippen molar-refractivity contribution in [2.75, 3.05) is 45.3 Å². The third-order valence-electron chi connectivity index (χ3n) is 5.82. The Hall–Kier alpha value is -1.17. The van der Waals surface area contributed by atoms with Crippen molar-refractivity contribution in [2.45, 2.75) is 38.3 Å². The molecule has 0 bridgehead atoms. The van der Waals surface area contributed by atoms with Crippen molar-refractivity contribution >= 4 is 5.82 Å². The molecule has 24 heavy (non-hydrogen) atoms. The van der Waals surface area contributed by atoms with E-state index in [1.54, 1.807) is 0 Å². The van der Waals surface area contributed by atoms with E-state index in [1.807, 2.05) is 25.2 Å². The molecule has 3 heterocycles. The molecule has 2 saturated heterocycles. The predicted octanol–water partition coefficient (Wildman–Crippen LogP) is 2.15. The lowest BCUT2D eigenvalue weighted by Crippen LogP contribution is -2.55. The Balaban J connectivity index is 1.58. The van der Waals surface area contributed by atoms with Gasteiger partial charge in [-0.05, 0) is 42.7 Å². The first-order valence-corrected chi connectivity index (χ1v) is 9.14. The topological polar surface area (TPSA) is 48.8 Å². The van der Waals surface area contributed by atoms with E-state index >= 15 is 0 Å². The summed E-state index contributed by atoms with van der Waals surface area (Å²) >= 11 is 0. The number of nitrogens with zero attached hydrogens (tertiary/aromatic N) is 3. The molecular weight excluding hydrogens is 302 g/mol. The second-order valence-electron chi connectivity index (χ2n) is 7.68. The van der Waals surface area contributed by atoms with E-state index in [2.05, 4.69) is 28.9 Å². The van der Waals surface area contributed by atoms with Crippen molar-refractivity contribution < 1.29 is 9.84 Å². The molecule has 1 N–H and O–H groups in total. The van der Waals surface area contributed by atoms with Gasteiger partial charge in [-0.2, -0.15) is 0 Å². The van der Waals surface area contributed by atoms with Gasteiger partial charge in [0, 0.05) is 53.1 Å². The minimum atomic E-state index is -0.521. The molecule has 1 aromatic heterocycles. The number of likely N-dealkylation sites (tertiary alicyclic amines) is 1. The van der Waals surface area contributed by atoms with Crippen LogP contribution in [0.15, 0.2) is 18.3 Å². The van der Waals surface area contributed by atoms with Crippen LogP contribution in [-0.4, -0.2) is 61.0 Å². The third kappa shape index (κ3) is 3.73. The fourth-order valence-corrected chi connectivity index (χ4v) is 4.20. The molecule has 2 fully saturated rings. The average Bonchev–Trinajstić information content (AvgIpc) is 2.59. The van der Waals surface area contributed by atoms with Crippen LogP contribution in [0.3, 0.4) is 0 Å². The summed E-state index contributed by atoms with van der Waals surface area (Å²) in [6, 6.07) is 4.23. The van der Waals surface area contributed by atoms with E-state index in [-0.39, 0.29) is 0 Å². The molecule has 0 radical (unpaired) electrons. The fraction of sp³-hybridized carbons (Fsp3) is 0.737. The van der Waals surface area contributed by atoms with E-state index in [9.17, 15) is 5.11 Å². The summed E-state index contributed by atoms with van der Waals surface area (Å²) in [6.07, 6.45) is 4.83. The van der Waals surface area contributed by atoms with Crippen molar-refractivity contribution in [3.8, 4) is 0 Å². The average molecular weight is 333 g/mol. The highest BCUT2D eigenvalue weighted by Gasteiger charge is 2.45. The maximum Gasteiger partial charge on any atom is 0.127 e. The zero-order valence-electron chi connectivity index (χ0n) is 15.2. The van der Waals surface area contributed by atoms with Crippen molar-refractivity contribution in [3.05, 3.63) is 23.9 Å². The van der Waals surface area contributed by atoms with Gasteiger partial charge in [-0.25, -0.2) is 4.98 Å². The Morgan fingerprint density at radius 1 is 1.33 bits per heavy atom. The minimum absolute atomic E-state index is 0.295. The summed E-state index contributed by atoms with van der Waals surface area (Å²) < 4.78 is 5.47. The molecule has 0 aromatic carbocycles. The molecule has 2 atom stereocenters. The largest absolute Gasteiger partial charge is 0.389 e. The first-order chi connectivity index (χ1) is 11.5. The highest BCUT2D eigenvalue weighted by atomic mass is 16.5. The maximum atomic E-state index is 11.2. The van der Waals surface area contributed by atoms with E-state index < -0.39 is 5.60 Å². The zero-order valence-corrected chi connectivity index (χ0v) is 15.2. The molecule has 2 aliphatic rings. The van der Waals surface area contributed by atoms with Gasteiger partial charge in [0.05, 0.1) is 5.60 Å². The highest BCUT2D eigenvalue weighted by Crippen LogP contribution is 2.39. The Bertz CT molecular complexity index is 528. The Morgan fingerprint density at radius 2 is 2.08 bits per heavy atom. The molecule has 3 rings (SSSR count). The second kappa shape index (κ2) is 7.38. The smallest absolute Gasteiger partial charge is 0.127 e. The van der Waals surface area contributed by atoms with Crippen LogP contribution in [0.2, 0.25) is 0 Å². The van der Waals surface area contributed by atoms with Gasteiger partial charge in [-0.15, -0.1) is 0 Å². The number of anilines is 1. The van der Waals surface area contributed by atoms with Crippen molar-refractivity contribution in [3.63, 3.8) is 0 Å². The van der Waals surface area contributed by atoms with Crippen molar-refractivity contribution in [1.29, 1.82) is 0 Å². The number of rotatable bonds is 4. The van der Waals surface area contributed by atoms with E-state index in [0.29, 0.717) is 11.8 Å². The number of piperidine rings is 1. The molecule has 1 aromatic rings. The van der Waals surface area contributed by atoms with Gasteiger partial charge in [0.15, 0.2) is 0 Å². The molecule has 5 nitrogen and oxygen atoms in total. The van der Waals surface area contributed by atoms with Gasteiger partial charge in [-0.3, -0.25) is 4.90 Å². The van der Waals surface area contributed by atoms with Crippen LogP contribution >= 0.6 is 0 Å². The van der Waals surface area contributed by atoms with Crippen LogP contribution < -0.4 is 4.90 Å². The molecule has 5 heteroatoms. The van der Waals surface area contributed by atoms with Crippen LogP contribution in [-0.2, 0) is 11.3 Å². The number of hydrogen-bond acceptors (Lipinski definition) is 5. The van der Waals surface area contributed by atoms with Gasteiger partial charge >= 0.3 is 0 Å². The van der Waals surface area contributed by atoms with Gasteiger partial charge in [0.1, 0.15) is 5.82 Å². The van der Waals surface area contributed by atoms with Crippen LogP contribution in [0.25, 0.3) is 0 Å². The predicted molar refractivity (Wildman–Crippen MR) is 96.1 cm³/mol. The van der Waals surface area contributed by atoms with E-state index in [4.69, 9.17) is 4.74 Å².